The summed E-state index contributed by atoms with van der Waals surface area (Å²) in [7, 11) is 0. The van der Waals surface area contributed by atoms with Crippen molar-refractivity contribution < 1.29 is 13.9 Å². The Bertz CT molecular complexity index is 922. The zero-order valence-electron chi connectivity index (χ0n) is 12.3. The fourth-order valence-electron chi connectivity index (χ4n) is 2.34. The highest BCUT2D eigenvalue weighted by Crippen LogP contribution is 2.28. The maximum absolute atomic E-state index is 11.6. The number of carbonyl (C=O) groups excluding carboxylic acids is 1. The zero-order chi connectivity index (χ0) is 15.7. The summed E-state index contributed by atoms with van der Waals surface area (Å²) in [5, 5.41) is 0.854. The molecule has 22 heavy (non-hydrogen) atoms. The lowest BCUT2D eigenvalue weighted by molar-refractivity contribution is 0.101. The molecule has 1 aromatic heterocycles. The zero-order valence-corrected chi connectivity index (χ0v) is 12.3. The van der Waals surface area contributed by atoms with Gasteiger partial charge in [-0.15, -0.1) is 0 Å². The van der Waals surface area contributed by atoms with Crippen molar-refractivity contribution >= 4 is 16.8 Å². The fourth-order valence-corrected chi connectivity index (χ4v) is 2.34. The number of ketones is 1. The van der Waals surface area contributed by atoms with Gasteiger partial charge in [0.15, 0.2) is 5.78 Å². The molecule has 0 fully saturated rings. The van der Waals surface area contributed by atoms with Crippen molar-refractivity contribution in [3.8, 4) is 11.5 Å². The van der Waals surface area contributed by atoms with Gasteiger partial charge in [-0.2, -0.15) is 0 Å². The van der Waals surface area contributed by atoms with Gasteiger partial charge >= 0.3 is 5.63 Å². The Kier molecular flexibility index (Phi) is 3.51. The molecule has 3 aromatic rings. The Morgan fingerprint density at radius 3 is 2.64 bits per heavy atom. The van der Waals surface area contributed by atoms with Crippen LogP contribution in [0, 0.1) is 6.92 Å². The van der Waals surface area contributed by atoms with Crippen molar-refractivity contribution in [3.63, 3.8) is 0 Å². The Morgan fingerprint density at radius 2 is 1.86 bits per heavy atom. The minimum Gasteiger partial charge on any atom is -0.456 e. The lowest BCUT2D eigenvalue weighted by atomic mass is 10.1. The Balaban J connectivity index is 2.05. The summed E-state index contributed by atoms with van der Waals surface area (Å²) < 4.78 is 11.0. The van der Waals surface area contributed by atoms with E-state index in [0.717, 1.165) is 10.9 Å². The lowest BCUT2D eigenvalue weighted by Gasteiger charge is -2.10. The molecule has 0 spiro atoms. The first-order chi connectivity index (χ1) is 10.5. The topological polar surface area (TPSA) is 56.5 Å². The smallest absolute Gasteiger partial charge is 0.336 e. The molecular formula is C18H14O4. The van der Waals surface area contributed by atoms with Crippen LogP contribution >= 0.6 is 0 Å². The molecule has 0 atom stereocenters. The molecule has 110 valence electrons. The molecule has 1 heterocycles. The van der Waals surface area contributed by atoms with Gasteiger partial charge in [0.25, 0.3) is 0 Å². The predicted octanol–water partition coefficient (Wildman–Crippen LogP) is 4.10. The van der Waals surface area contributed by atoms with E-state index in [4.69, 9.17) is 9.15 Å². The summed E-state index contributed by atoms with van der Waals surface area (Å²) in [6.45, 7) is 3.34. The molecule has 0 saturated heterocycles. The van der Waals surface area contributed by atoms with E-state index in [9.17, 15) is 9.59 Å². The second kappa shape index (κ2) is 5.48. The molecule has 0 radical (unpaired) electrons. The van der Waals surface area contributed by atoms with Crippen LogP contribution in [0.2, 0.25) is 0 Å². The fraction of sp³-hybridized carbons (Fsp3) is 0.111. The Labute approximate surface area is 127 Å². The van der Waals surface area contributed by atoms with Crippen LogP contribution in [0.15, 0.2) is 57.7 Å². The monoisotopic (exact) mass is 294 g/mol. The van der Waals surface area contributed by atoms with Gasteiger partial charge in [0.05, 0.1) is 5.56 Å². The van der Waals surface area contributed by atoms with Crippen molar-refractivity contribution in [2.45, 2.75) is 13.8 Å². The van der Waals surface area contributed by atoms with Gasteiger partial charge in [0.2, 0.25) is 0 Å². The minimum absolute atomic E-state index is 0.0706. The number of rotatable bonds is 3. The summed E-state index contributed by atoms with van der Waals surface area (Å²) in [5.74, 6) is 0.915. The molecular weight excluding hydrogens is 280 g/mol. The van der Waals surface area contributed by atoms with Gasteiger partial charge < -0.3 is 9.15 Å². The first-order valence-electron chi connectivity index (χ1n) is 6.87. The van der Waals surface area contributed by atoms with E-state index in [1.165, 1.54) is 13.0 Å². The third kappa shape index (κ3) is 2.63. The molecule has 4 heteroatoms. The number of aryl methyl sites for hydroxylation is 1. The molecule has 0 saturated carbocycles. The highest BCUT2D eigenvalue weighted by molar-refractivity contribution is 5.96. The van der Waals surface area contributed by atoms with Crippen molar-refractivity contribution in [2.24, 2.45) is 0 Å². The van der Waals surface area contributed by atoms with E-state index in [0.29, 0.717) is 22.6 Å². The third-order valence-corrected chi connectivity index (χ3v) is 3.42. The summed E-state index contributed by atoms with van der Waals surface area (Å²) in [5.41, 5.74) is 1.42. The van der Waals surface area contributed by atoms with E-state index in [1.807, 2.05) is 13.0 Å². The average molecular weight is 294 g/mol. The second-order valence-electron chi connectivity index (χ2n) is 5.06. The predicted molar refractivity (Wildman–Crippen MR) is 83.7 cm³/mol. The van der Waals surface area contributed by atoms with Crippen molar-refractivity contribution in [3.05, 3.63) is 70.1 Å². The first kappa shape index (κ1) is 14.1. The van der Waals surface area contributed by atoms with Crippen LogP contribution in [0.1, 0.15) is 22.8 Å². The van der Waals surface area contributed by atoms with Crippen molar-refractivity contribution in [2.75, 3.05) is 0 Å². The number of hydrogen-bond donors (Lipinski definition) is 0. The minimum atomic E-state index is -0.397. The van der Waals surface area contributed by atoms with Crippen LogP contribution in [0.3, 0.4) is 0 Å². The highest BCUT2D eigenvalue weighted by Gasteiger charge is 2.10. The number of para-hydroxylation sites is 1. The molecule has 0 N–H and O–H groups in total. The van der Waals surface area contributed by atoms with Gasteiger partial charge in [-0.25, -0.2) is 4.79 Å². The summed E-state index contributed by atoms with van der Waals surface area (Å²) in [4.78, 5) is 23.1. The molecule has 3 rings (SSSR count). The maximum Gasteiger partial charge on any atom is 0.336 e. The quantitative estimate of drug-likeness (QED) is 0.539. The van der Waals surface area contributed by atoms with E-state index < -0.39 is 5.63 Å². The van der Waals surface area contributed by atoms with E-state index in [-0.39, 0.29) is 5.78 Å². The van der Waals surface area contributed by atoms with Gasteiger partial charge in [-0.05, 0) is 43.7 Å². The van der Waals surface area contributed by atoms with Gasteiger partial charge in [-0.1, -0.05) is 12.1 Å². The van der Waals surface area contributed by atoms with Crippen molar-refractivity contribution in [1.29, 1.82) is 0 Å². The van der Waals surface area contributed by atoms with E-state index in [1.54, 1.807) is 36.4 Å². The highest BCUT2D eigenvalue weighted by atomic mass is 16.5. The van der Waals surface area contributed by atoms with Crippen molar-refractivity contribution in [1.82, 2.24) is 0 Å². The van der Waals surface area contributed by atoms with Gasteiger partial charge in [0.1, 0.15) is 17.1 Å². The average Bonchev–Trinajstić information content (AvgIpc) is 2.47. The summed E-state index contributed by atoms with van der Waals surface area (Å²) in [6.07, 6.45) is 0. The number of fused-ring (bicyclic) bond motifs is 1. The van der Waals surface area contributed by atoms with Crippen LogP contribution in [0.5, 0.6) is 11.5 Å². The van der Waals surface area contributed by atoms with Crippen LogP contribution in [0.4, 0.5) is 0 Å². The number of hydrogen-bond acceptors (Lipinski definition) is 4. The molecule has 0 aliphatic heterocycles. The Morgan fingerprint density at radius 1 is 1.09 bits per heavy atom. The second-order valence-corrected chi connectivity index (χ2v) is 5.06. The van der Waals surface area contributed by atoms with Crippen LogP contribution in [0.25, 0.3) is 11.0 Å². The molecule has 0 bridgehead atoms. The molecule has 2 aromatic carbocycles. The number of ether oxygens (including phenoxy) is 1. The standard InChI is InChI=1S/C18H14O4/c1-11-9-18(20)22-17-10-13(7-8-14(11)17)21-16-6-4-3-5-15(16)12(2)19/h3-10H,1-2H3. The molecule has 0 aliphatic carbocycles. The van der Waals surface area contributed by atoms with Gasteiger partial charge in [0, 0.05) is 17.5 Å². The SMILES string of the molecule is CC(=O)c1ccccc1Oc1ccc2c(C)cc(=O)oc2c1. The normalized spacial score (nSPS) is 10.6. The number of Topliss-reactive ketones (excluding diaryl/α,β-unsaturated/α-hetero) is 1. The third-order valence-electron chi connectivity index (χ3n) is 3.42. The Hall–Kier alpha value is -2.88. The largest absolute Gasteiger partial charge is 0.456 e. The van der Waals surface area contributed by atoms with Crippen LogP contribution in [-0.2, 0) is 0 Å². The maximum atomic E-state index is 11.6. The van der Waals surface area contributed by atoms with Crippen LogP contribution < -0.4 is 10.4 Å². The number of carbonyl (C=O) groups is 1. The number of benzene rings is 2. The van der Waals surface area contributed by atoms with Crippen LogP contribution in [-0.4, -0.2) is 5.78 Å². The lowest BCUT2D eigenvalue weighted by Crippen LogP contribution is -1.99. The molecule has 0 aliphatic rings. The first-order valence-corrected chi connectivity index (χ1v) is 6.87. The van der Waals surface area contributed by atoms with E-state index >= 15 is 0 Å². The summed E-state index contributed by atoms with van der Waals surface area (Å²) in [6, 6.07) is 13.7. The molecule has 0 unspecified atom stereocenters. The molecule has 0 amide bonds. The van der Waals surface area contributed by atoms with E-state index in [2.05, 4.69) is 0 Å². The summed E-state index contributed by atoms with van der Waals surface area (Å²) >= 11 is 0. The van der Waals surface area contributed by atoms with Gasteiger partial charge in [-0.3, -0.25) is 4.79 Å². The molecule has 4 nitrogen and oxygen atoms in total.